The zero-order valence-corrected chi connectivity index (χ0v) is 15.3. The number of aromatic nitrogens is 1. The average molecular weight is 374 g/mol. The molecule has 1 saturated heterocycles. The molecule has 0 spiro atoms. The van der Waals surface area contributed by atoms with Crippen molar-refractivity contribution in [1.29, 1.82) is 0 Å². The molecule has 2 aromatic rings. The minimum Gasteiger partial charge on any atom is -0.462 e. The van der Waals surface area contributed by atoms with Crippen LogP contribution in [-0.2, 0) is 21.2 Å². The van der Waals surface area contributed by atoms with Crippen molar-refractivity contribution < 1.29 is 17.9 Å². The lowest BCUT2D eigenvalue weighted by molar-refractivity contribution is 0.0500. The average Bonchev–Trinajstić information content (AvgIpc) is 3.22. The lowest BCUT2D eigenvalue weighted by Crippen LogP contribution is -2.28. The Bertz CT molecular complexity index is 847. The molecule has 0 amide bonds. The Morgan fingerprint density at radius 2 is 1.85 bits per heavy atom. The smallest absolute Gasteiger partial charge is 0.338 e. The molecule has 0 N–H and O–H groups in total. The molecule has 0 radical (unpaired) electrons. The van der Waals surface area contributed by atoms with Gasteiger partial charge in [0, 0.05) is 25.5 Å². The first-order chi connectivity index (χ1) is 12.6. The van der Waals surface area contributed by atoms with E-state index in [4.69, 9.17) is 4.74 Å². The van der Waals surface area contributed by atoms with Crippen LogP contribution in [0.3, 0.4) is 0 Å². The quantitative estimate of drug-likeness (QED) is 0.550. The lowest BCUT2D eigenvalue weighted by Gasteiger charge is -2.15. The van der Waals surface area contributed by atoms with Gasteiger partial charge < -0.3 is 4.74 Å². The van der Waals surface area contributed by atoms with Crippen LogP contribution < -0.4 is 0 Å². The van der Waals surface area contributed by atoms with Crippen molar-refractivity contribution in [2.45, 2.75) is 30.6 Å². The molecule has 1 aliphatic rings. The molecule has 3 rings (SSSR count). The zero-order valence-electron chi connectivity index (χ0n) is 14.5. The number of hydrogen-bond donors (Lipinski definition) is 0. The first kappa shape index (κ1) is 18.5. The molecular formula is C19H22N2O4S. The molecule has 1 aromatic heterocycles. The highest BCUT2D eigenvalue weighted by Crippen LogP contribution is 2.21. The third kappa shape index (κ3) is 4.47. The highest BCUT2D eigenvalue weighted by molar-refractivity contribution is 7.89. The van der Waals surface area contributed by atoms with Crippen molar-refractivity contribution in [1.82, 2.24) is 9.29 Å². The van der Waals surface area contributed by atoms with Crippen LogP contribution in [0.2, 0.25) is 0 Å². The van der Waals surface area contributed by atoms with Crippen molar-refractivity contribution in [2.24, 2.45) is 0 Å². The molecule has 7 heteroatoms. The molecule has 1 fully saturated rings. The van der Waals surface area contributed by atoms with Gasteiger partial charge in [-0.1, -0.05) is 6.07 Å². The minimum atomic E-state index is -3.54. The minimum absolute atomic E-state index is 0.144. The van der Waals surface area contributed by atoms with E-state index in [1.165, 1.54) is 16.4 Å². The van der Waals surface area contributed by atoms with Crippen LogP contribution in [0.1, 0.15) is 35.2 Å². The second kappa shape index (κ2) is 8.42. The first-order valence-electron chi connectivity index (χ1n) is 8.73. The molecular weight excluding hydrogens is 352 g/mol. The van der Waals surface area contributed by atoms with E-state index >= 15 is 0 Å². The number of rotatable bonds is 7. The summed E-state index contributed by atoms with van der Waals surface area (Å²) in [4.78, 5) is 16.3. The van der Waals surface area contributed by atoms with Gasteiger partial charge in [0.05, 0.1) is 17.1 Å². The normalized spacial score (nSPS) is 15.1. The number of carbonyl (C=O) groups excluding carboxylic acids is 1. The summed E-state index contributed by atoms with van der Waals surface area (Å²) >= 11 is 0. The predicted octanol–water partition coefficient (Wildman–Crippen LogP) is 2.66. The van der Waals surface area contributed by atoms with Gasteiger partial charge in [0.1, 0.15) is 0 Å². The molecule has 0 unspecified atom stereocenters. The van der Waals surface area contributed by atoms with Crippen molar-refractivity contribution in [3.05, 3.63) is 59.9 Å². The number of carbonyl (C=O) groups is 1. The summed E-state index contributed by atoms with van der Waals surface area (Å²) in [5, 5.41) is 0. The molecule has 0 aliphatic carbocycles. The second-order valence-corrected chi connectivity index (χ2v) is 8.17. The number of sulfonamides is 1. The lowest BCUT2D eigenvalue weighted by atomic mass is 10.1. The van der Waals surface area contributed by atoms with Crippen LogP contribution in [0.5, 0.6) is 0 Å². The SMILES string of the molecule is O=C(OCCCc1ccncc1)c1cccc(S(=O)(=O)N2CCCC2)c1. The van der Waals surface area contributed by atoms with Gasteiger partial charge in [-0.25, -0.2) is 13.2 Å². The topological polar surface area (TPSA) is 76.6 Å². The summed E-state index contributed by atoms with van der Waals surface area (Å²) in [6.07, 6.45) is 6.69. The summed E-state index contributed by atoms with van der Waals surface area (Å²) in [5.74, 6) is -0.502. The zero-order chi connectivity index (χ0) is 18.4. The van der Waals surface area contributed by atoms with E-state index in [0.717, 1.165) is 24.8 Å². The van der Waals surface area contributed by atoms with E-state index in [9.17, 15) is 13.2 Å². The predicted molar refractivity (Wildman–Crippen MR) is 97.3 cm³/mol. The third-order valence-corrected chi connectivity index (χ3v) is 6.26. The fourth-order valence-corrected chi connectivity index (χ4v) is 4.50. The Labute approximate surface area is 153 Å². The maximum atomic E-state index is 12.6. The Kier molecular flexibility index (Phi) is 6.00. The number of benzene rings is 1. The number of hydrogen-bond acceptors (Lipinski definition) is 5. The van der Waals surface area contributed by atoms with Crippen LogP contribution in [0.4, 0.5) is 0 Å². The van der Waals surface area contributed by atoms with Gasteiger partial charge in [0.15, 0.2) is 0 Å². The van der Waals surface area contributed by atoms with Crippen LogP contribution in [0.25, 0.3) is 0 Å². The van der Waals surface area contributed by atoms with Crippen LogP contribution >= 0.6 is 0 Å². The molecule has 138 valence electrons. The van der Waals surface area contributed by atoms with E-state index in [1.807, 2.05) is 12.1 Å². The van der Waals surface area contributed by atoms with Gasteiger partial charge in [-0.05, 0) is 61.6 Å². The van der Waals surface area contributed by atoms with Crippen molar-refractivity contribution in [3.63, 3.8) is 0 Å². The second-order valence-electron chi connectivity index (χ2n) is 6.23. The molecule has 26 heavy (non-hydrogen) atoms. The molecule has 0 bridgehead atoms. The van der Waals surface area contributed by atoms with Crippen LogP contribution in [0.15, 0.2) is 53.7 Å². The van der Waals surface area contributed by atoms with Crippen LogP contribution in [-0.4, -0.2) is 43.4 Å². The first-order valence-corrected chi connectivity index (χ1v) is 10.2. The molecule has 2 heterocycles. The molecule has 0 saturated carbocycles. The van der Waals surface area contributed by atoms with Crippen molar-refractivity contribution in [2.75, 3.05) is 19.7 Å². The number of ether oxygens (including phenoxy) is 1. The summed E-state index contributed by atoms with van der Waals surface area (Å²) in [6.45, 7) is 1.35. The number of esters is 1. The van der Waals surface area contributed by atoms with Gasteiger partial charge in [0.25, 0.3) is 0 Å². The van der Waals surface area contributed by atoms with E-state index in [-0.39, 0.29) is 17.1 Å². The number of aryl methyl sites for hydroxylation is 1. The maximum Gasteiger partial charge on any atom is 0.338 e. The Morgan fingerprint density at radius 3 is 2.58 bits per heavy atom. The Hall–Kier alpha value is -2.25. The number of nitrogens with zero attached hydrogens (tertiary/aromatic N) is 2. The summed E-state index contributed by atoms with van der Waals surface area (Å²) < 4.78 is 31.9. The van der Waals surface area contributed by atoms with Gasteiger partial charge >= 0.3 is 5.97 Å². The van der Waals surface area contributed by atoms with Crippen molar-refractivity contribution in [3.8, 4) is 0 Å². The van der Waals surface area contributed by atoms with Crippen LogP contribution in [0, 0.1) is 0 Å². The van der Waals surface area contributed by atoms with Crippen molar-refractivity contribution >= 4 is 16.0 Å². The van der Waals surface area contributed by atoms with E-state index < -0.39 is 16.0 Å². The largest absolute Gasteiger partial charge is 0.462 e. The molecule has 0 atom stereocenters. The number of pyridine rings is 1. The highest BCUT2D eigenvalue weighted by Gasteiger charge is 2.27. The van der Waals surface area contributed by atoms with E-state index in [1.54, 1.807) is 24.5 Å². The fraction of sp³-hybridized carbons (Fsp3) is 0.368. The van der Waals surface area contributed by atoms with E-state index in [2.05, 4.69) is 4.98 Å². The molecule has 6 nitrogen and oxygen atoms in total. The molecule has 1 aromatic carbocycles. The Morgan fingerprint density at radius 1 is 1.12 bits per heavy atom. The third-order valence-electron chi connectivity index (χ3n) is 4.36. The molecule has 1 aliphatic heterocycles. The summed E-state index contributed by atoms with van der Waals surface area (Å²) in [5.41, 5.74) is 1.39. The fourth-order valence-electron chi connectivity index (χ4n) is 2.94. The highest BCUT2D eigenvalue weighted by atomic mass is 32.2. The van der Waals surface area contributed by atoms with Gasteiger partial charge in [-0.15, -0.1) is 0 Å². The van der Waals surface area contributed by atoms with E-state index in [0.29, 0.717) is 19.5 Å². The van der Waals surface area contributed by atoms with Gasteiger partial charge in [0.2, 0.25) is 10.0 Å². The standard InChI is InChI=1S/C19H22N2O4S/c22-19(25-14-4-5-16-8-10-20-11-9-16)17-6-3-7-18(15-17)26(23,24)21-12-1-2-13-21/h3,6-11,15H,1-2,4-5,12-14H2. The van der Waals surface area contributed by atoms with Gasteiger partial charge in [-0.3, -0.25) is 4.98 Å². The summed E-state index contributed by atoms with van der Waals surface area (Å²) in [7, 11) is -3.54. The Balaban J connectivity index is 1.58. The summed E-state index contributed by atoms with van der Waals surface area (Å²) in [6, 6.07) is 9.93. The van der Waals surface area contributed by atoms with Gasteiger partial charge in [-0.2, -0.15) is 4.31 Å². The monoisotopic (exact) mass is 374 g/mol. The maximum absolute atomic E-state index is 12.6.